The molecule has 0 radical (unpaired) electrons. The Bertz CT molecular complexity index is 695. The fourth-order valence-electron chi connectivity index (χ4n) is 4.07. The molecule has 5 atom stereocenters. The minimum Gasteiger partial charge on any atom is -0.444 e. The van der Waals surface area contributed by atoms with Gasteiger partial charge in [-0.2, -0.15) is 0 Å². The van der Waals surface area contributed by atoms with E-state index < -0.39 is 59.6 Å². The average molecular weight is 457 g/mol. The number of nitrogens with zero attached hydrogens (tertiary/aromatic N) is 1. The van der Waals surface area contributed by atoms with Gasteiger partial charge in [-0.1, -0.05) is 6.08 Å². The van der Waals surface area contributed by atoms with Crippen LogP contribution in [0.15, 0.2) is 12.7 Å². The van der Waals surface area contributed by atoms with Crippen LogP contribution in [0.3, 0.4) is 0 Å². The van der Waals surface area contributed by atoms with Crippen LogP contribution in [0.4, 0.5) is 9.59 Å². The third kappa shape index (κ3) is 6.83. The van der Waals surface area contributed by atoms with Gasteiger partial charge in [-0.05, 0) is 68.2 Å². The fraction of sp³-hybridized carbons (Fsp3) is 0.826. The Kier molecular flexibility index (Phi) is 7.90. The number of nitrogens with one attached hydrogen (secondary N) is 1. The zero-order chi connectivity index (χ0) is 24.5. The monoisotopic (exact) mass is 456 g/mol. The second-order valence-electron chi connectivity index (χ2n) is 10.8. The summed E-state index contributed by atoms with van der Waals surface area (Å²) in [5.41, 5.74) is -1.40. The third-order valence-electron chi connectivity index (χ3n) is 5.08. The maximum atomic E-state index is 13.2. The molecule has 2 aliphatic rings. The molecule has 0 aromatic carbocycles. The van der Waals surface area contributed by atoms with Crippen molar-refractivity contribution in [1.82, 2.24) is 10.2 Å². The predicted molar refractivity (Wildman–Crippen MR) is 119 cm³/mol. The van der Waals surface area contributed by atoms with Crippen LogP contribution in [-0.2, 0) is 18.9 Å². The lowest BCUT2D eigenvalue weighted by atomic mass is 10.00. The lowest BCUT2D eigenvalue weighted by Crippen LogP contribution is -2.55. The first-order chi connectivity index (χ1) is 14.5. The molecule has 0 aliphatic carbocycles. The van der Waals surface area contributed by atoms with Gasteiger partial charge < -0.3 is 29.4 Å². The number of hydrogen-bond donors (Lipinski definition) is 2. The summed E-state index contributed by atoms with van der Waals surface area (Å²) >= 11 is 0. The molecule has 2 rings (SSSR count). The molecule has 0 bridgehead atoms. The van der Waals surface area contributed by atoms with E-state index in [1.807, 2.05) is 0 Å². The molecule has 2 fully saturated rings. The highest BCUT2D eigenvalue weighted by molar-refractivity contribution is 5.71. The Balaban J connectivity index is 2.35. The number of alkyl carbamates (subject to hydrolysis) is 1. The molecular weight excluding hydrogens is 416 g/mol. The normalized spacial score (nSPS) is 28.1. The van der Waals surface area contributed by atoms with E-state index in [2.05, 4.69) is 11.9 Å². The van der Waals surface area contributed by atoms with Crippen LogP contribution in [0.2, 0.25) is 0 Å². The average Bonchev–Trinajstić information content (AvgIpc) is 3.04. The van der Waals surface area contributed by atoms with Crippen molar-refractivity contribution in [3.63, 3.8) is 0 Å². The largest absolute Gasteiger partial charge is 0.444 e. The molecule has 184 valence electrons. The second-order valence-corrected chi connectivity index (χ2v) is 10.8. The van der Waals surface area contributed by atoms with Crippen molar-refractivity contribution in [2.24, 2.45) is 0 Å². The summed E-state index contributed by atoms with van der Waals surface area (Å²) in [6, 6.07) is -1.32. The van der Waals surface area contributed by atoms with E-state index in [4.69, 9.17) is 18.9 Å². The lowest BCUT2D eigenvalue weighted by molar-refractivity contribution is -0.172. The molecule has 2 N–H and O–H groups in total. The summed E-state index contributed by atoms with van der Waals surface area (Å²) < 4.78 is 23.2. The van der Waals surface area contributed by atoms with Crippen molar-refractivity contribution in [2.45, 2.75) is 116 Å². The number of hydrogen-bond acceptors (Lipinski definition) is 7. The SMILES string of the molecule is C=CCC[C@H](O)[C@@H]1[C@@H]2OC(C)(C)O[C@@H]2[C@@H](CNC(=O)OC(C)(C)C)N1C(=O)OC(C)(C)C. The predicted octanol–water partition coefficient (Wildman–Crippen LogP) is 3.35. The number of amides is 2. The molecule has 9 nitrogen and oxygen atoms in total. The lowest BCUT2D eigenvalue weighted by Gasteiger charge is -2.37. The molecule has 0 spiro atoms. The van der Waals surface area contributed by atoms with Gasteiger partial charge in [0.25, 0.3) is 0 Å². The topological polar surface area (TPSA) is 107 Å². The summed E-state index contributed by atoms with van der Waals surface area (Å²) in [6.45, 7) is 18.0. The highest BCUT2D eigenvalue weighted by atomic mass is 16.8. The smallest absolute Gasteiger partial charge is 0.411 e. The molecule has 2 saturated heterocycles. The quantitative estimate of drug-likeness (QED) is 0.590. The van der Waals surface area contributed by atoms with Crippen LogP contribution in [0.25, 0.3) is 0 Å². The Hall–Kier alpha value is -1.84. The zero-order valence-electron chi connectivity index (χ0n) is 20.6. The number of aliphatic hydroxyl groups is 1. The highest BCUT2D eigenvalue weighted by Crippen LogP contribution is 2.42. The summed E-state index contributed by atoms with van der Waals surface area (Å²) in [4.78, 5) is 27.0. The van der Waals surface area contributed by atoms with Gasteiger partial charge >= 0.3 is 12.2 Å². The van der Waals surface area contributed by atoms with Gasteiger partial charge in [-0.15, -0.1) is 6.58 Å². The Labute approximate surface area is 191 Å². The van der Waals surface area contributed by atoms with Crippen molar-refractivity contribution in [3.8, 4) is 0 Å². The summed E-state index contributed by atoms with van der Waals surface area (Å²) in [6.07, 6.45) is -0.557. The van der Waals surface area contributed by atoms with Gasteiger partial charge in [0.15, 0.2) is 5.79 Å². The molecule has 2 heterocycles. The van der Waals surface area contributed by atoms with Gasteiger partial charge in [0.05, 0.1) is 18.2 Å². The molecule has 9 heteroatoms. The Morgan fingerprint density at radius 3 is 2.22 bits per heavy atom. The molecule has 0 unspecified atom stereocenters. The van der Waals surface area contributed by atoms with Crippen LogP contribution in [0.1, 0.15) is 68.2 Å². The number of carbonyl (C=O) groups is 2. The van der Waals surface area contributed by atoms with E-state index >= 15 is 0 Å². The molecule has 2 amide bonds. The van der Waals surface area contributed by atoms with Crippen LogP contribution >= 0.6 is 0 Å². The first-order valence-corrected chi connectivity index (χ1v) is 11.2. The zero-order valence-corrected chi connectivity index (χ0v) is 20.6. The van der Waals surface area contributed by atoms with E-state index in [-0.39, 0.29) is 6.54 Å². The van der Waals surface area contributed by atoms with Crippen molar-refractivity contribution in [3.05, 3.63) is 12.7 Å². The first kappa shape index (κ1) is 26.4. The number of ether oxygens (including phenoxy) is 4. The minimum absolute atomic E-state index is 0.0550. The Morgan fingerprint density at radius 1 is 1.12 bits per heavy atom. The number of allylic oxidation sites excluding steroid dienone is 1. The summed E-state index contributed by atoms with van der Waals surface area (Å²) in [5, 5.41) is 13.7. The van der Waals surface area contributed by atoms with Crippen molar-refractivity contribution in [1.29, 1.82) is 0 Å². The summed E-state index contributed by atoms with van der Waals surface area (Å²) in [7, 11) is 0. The van der Waals surface area contributed by atoms with E-state index in [1.54, 1.807) is 61.5 Å². The van der Waals surface area contributed by atoms with Crippen LogP contribution < -0.4 is 5.32 Å². The first-order valence-electron chi connectivity index (χ1n) is 11.2. The van der Waals surface area contributed by atoms with Gasteiger partial charge in [0.2, 0.25) is 0 Å². The van der Waals surface area contributed by atoms with Gasteiger partial charge in [-0.3, -0.25) is 4.90 Å². The highest BCUT2D eigenvalue weighted by Gasteiger charge is 2.61. The van der Waals surface area contributed by atoms with Gasteiger partial charge in [-0.25, -0.2) is 9.59 Å². The molecular formula is C23H40N2O7. The fourth-order valence-corrected chi connectivity index (χ4v) is 4.07. The van der Waals surface area contributed by atoms with E-state index in [0.29, 0.717) is 12.8 Å². The van der Waals surface area contributed by atoms with Crippen LogP contribution in [0, 0.1) is 0 Å². The van der Waals surface area contributed by atoms with E-state index in [9.17, 15) is 14.7 Å². The molecule has 0 aromatic rings. The van der Waals surface area contributed by atoms with Crippen LogP contribution in [-0.4, -0.2) is 76.1 Å². The molecule has 0 aromatic heterocycles. The standard InChI is InChI=1S/C23H40N2O7/c1-10-11-12-15(26)16-18-17(29-23(8,9)30-18)14(13-24-19(27)31-21(2,3)4)25(16)20(28)32-22(5,6)7/h10,14-18,26H,1,11-13H2,2-9H3,(H,24,27)/t14-,15+,16-,17-,18+/m1/s1. The molecule has 0 saturated carbocycles. The Morgan fingerprint density at radius 2 is 1.69 bits per heavy atom. The maximum Gasteiger partial charge on any atom is 0.411 e. The van der Waals surface area contributed by atoms with E-state index in [0.717, 1.165) is 0 Å². The number of likely N-dealkylation sites (tertiary alicyclic amines) is 1. The van der Waals surface area contributed by atoms with Crippen LogP contribution in [0.5, 0.6) is 0 Å². The van der Waals surface area contributed by atoms with Crippen molar-refractivity contribution >= 4 is 12.2 Å². The molecule has 2 aliphatic heterocycles. The minimum atomic E-state index is -0.893. The molecule has 32 heavy (non-hydrogen) atoms. The van der Waals surface area contributed by atoms with Crippen molar-refractivity contribution < 1.29 is 33.6 Å². The number of fused-ring (bicyclic) bond motifs is 1. The van der Waals surface area contributed by atoms with Crippen molar-refractivity contribution in [2.75, 3.05) is 6.54 Å². The van der Waals surface area contributed by atoms with Gasteiger partial charge in [0, 0.05) is 6.54 Å². The number of aliphatic hydroxyl groups excluding tert-OH is 1. The summed E-state index contributed by atoms with van der Waals surface area (Å²) in [5.74, 6) is -0.893. The third-order valence-corrected chi connectivity index (χ3v) is 5.08. The number of carbonyl (C=O) groups excluding carboxylic acids is 2. The second kappa shape index (κ2) is 9.57. The van der Waals surface area contributed by atoms with Gasteiger partial charge in [0.1, 0.15) is 23.4 Å². The number of rotatable bonds is 6. The maximum absolute atomic E-state index is 13.2. The van der Waals surface area contributed by atoms with E-state index in [1.165, 1.54) is 4.90 Å².